The van der Waals surface area contributed by atoms with Gasteiger partial charge in [0.2, 0.25) is 0 Å². The molecule has 1 aliphatic rings. The Kier molecular flexibility index (Phi) is 4.62. The number of nitrogens with zero attached hydrogens (tertiary/aromatic N) is 5. The molecule has 1 aliphatic carbocycles. The molecule has 0 atom stereocenters. The fraction of sp³-hybridized carbons (Fsp3) is 0.292. The lowest BCUT2D eigenvalue weighted by Gasteiger charge is -2.26. The maximum atomic E-state index is 5.52. The van der Waals surface area contributed by atoms with Crippen LogP contribution in [0.25, 0.3) is 22.3 Å². The lowest BCUT2D eigenvalue weighted by atomic mass is 10.1. The van der Waals surface area contributed by atoms with Gasteiger partial charge in [-0.2, -0.15) is 5.10 Å². The lowest BCUT2D eigenvalue weighted by molar-refractivity contribution is 0.414. The predicted molar refractivity (Wildman–Crippen MR) is 119 cm³/mol. The molecular formula is C24H25N5O. The Hall–Kier alpha value is -3.41. The summed E-state index contributed by atoms with van der Waals surface area (Å²) in [6.45, 7) is 3.10. The van der Waals surface area contributed by atoms with Crippen LogP contribution in [0.5, 0.6) is 5.75 Å². The normalized spacial score (nSPS) is 13.6. The summed E-state index contributed by atoms with van der Waals surface area (Å²) in [7, 11) is 3.62. The maximum Gasteiger partial charge on any atom is 0.121 e. The summed E-state index contributed by atoms with van der Waals surface area (Å²) >= 11 is 0. The van der Waals surface area contributed by atoms with E-state index < -0.39 is 0 Å². The highest BCUT2D eigenvalue weighted by atomic mass is 16.5. The smallest absolute Gasteiger partial charge is 0.121 e. The van der Waals surface area contributed by atoms with Crippen LogP contribution in [0.15, 0.2) is 55.0 Å². The number of rotatable bonds is 6. The van der Waals surface area contributed by atoms with Crippen molar-refractivity contribution in [2.24, 2.45) is 13.0 Å². The van der Waals surface area contributed by atoms with Crippen LogP contribution in [-0.2, 0) is 7.05 Å². The van der Waals surface area contributed by atoms with Crippen LogP contribution in [-0.4, -0.2) is 33.4 Å². The second kappa shape index (κ2) is 7.44. The molecule has 5 rings (SSSR count). The van der Waals surface area contributed by atoms with Crippen molar-refractivity contribution in [2.45, 2.75) is 19.8 Å². The van der Waals surface area contributed by atoms with Crippen LogP contribution in [0.1, 0.15) is 18.4 Å². The number of hydrogen-bond donors (Lipinski definition) is 0. The average molecular weight is 399 g/mol. The first-order chi connectivity index (χ1) is 14.6. The van der Waals surface area contributed by atoms with Crippen molar-refractivity contribution in [1.29, 1.82) is 0 Å². The van der Waals surface area contributed by atoms with Crippen molar-refractivity contribution < 1.29 is 4.74 Å². The van der Waals surface area contributed by atoms with Crippen molar-refractivity contribution in [3.8, 4) is 17.0 Å². The van der Waals surface area contributed by atoms with Gasteiger partial charge in [0.1, 0.15) is 5.75 Å². The second-order valence-corrected chi connectivity index (χ2v) is 8.09. The second-order valence-electron chi connectivity index (χ2n) is 8.09. The summed E-state index contributed by atoms with van der Waals surface area (Å²) in [5, 5.41) is 4.25. The highest BCUT2D eigenvalue weighted by Crippen LogP contribution is 2.37. The molecule has 30 heavy (non-hydrogen) atoms. The van der Waals surface area contributed by atoms with Gasteiger partial charge in [-0.05, 0) is 61.6 Å². The van der Waals surface area contributed by atoms with Crippen LogP contribution in [0, 0.1) is 12.8 Å². The first kappa shape index (κ1) is 18.6. The number of benzene rings is 2. The van der Waals surface area contributed by atoms with Crippen molar-refractivity contribution in [3.05, 3.63) is 60.6 Å². The molecule has 0 unspecified atom stereocenters. The van der Waals surface area contributed by atoms with E-state index in [2.05, 4.69) is 58.3 Å². The molecule has 2 heterocycles. The van der Waals surface area contributed by atoms with Gasteiger partial charge in [0, 0.05) is 42.8 Å². The molecule has 2 aromatic heterocycles. The summed E-state index contributed by atoms with van der Waals surface area (Å²) in [4.78, 5) is 11.9. The van der Waals surface area contributed by atoms with E-state index in [1.165, 1.54) is 18.4 Å². The summed E-state index contributed by atoms with van der Waals surface area (Å²) in [5.74, 6) is 1.62. The first-order valence-corrected chi connectivity index (χ1v) is 10.3. The molecule has 0 radical (unpaired) electrons. The van der Waals surface area contributed by atoms with E-state index in [0.717, 1.165) is 51.9 Å². The van der Waals surface area contributed by atoms with Crippen LogP contribution < -0.4 is 9.64 Å². The lowest BCUT2D eigenvalue weighted by Crippen LogP contribution is -2.20. The first-order valence-electron chi connectivity index (χ1n) is 10.3. The molecule has 0 bridgehead atoms. The monoisotopic (exact) mass is 399 g/mol. The average Bonchev–Trinajstić information content (AvgIpc) is 3.48. The highest BCUT2D eigenvalue weighted by molar-refractivity contribution is 5.82. The SMILES string of the molecule is COc1cc(C)cc(N(CC2CC2)c2ccc3ncc(-c4cnn(C)c4)nc3c2)c1. The van der Waals surface area contributed by atoms with Gasteiger partial charge in [-0.3, -0.25) is 9.67 Å². The van der Waals surface area contributed by atoms with Gasteiger partial charge in [-0.1, -0.05) is 0 Å². The maximum absolute atomic E-state index is 5.52. The number of aryl methyl sites for hydroxylation is 2. The van der Waals surface area contributed by atoms with E-state index in [0.29, 0.717) is 0 Å². The molecule has 2 aromatic carbocycles. The Morgan fingerprint density at radius 2 is 1.93 bits per heavy atom. The Morgan fingerprint density at radius 1 is 1.07 bits per heavy atom. The molecule has 6 heteroatoms. The minimum absolute atomic E-state index is 0.736. The number of anilines is 2. The van der Waals surface area contributed by atoms with Crippen molar-refractivity contribution in [1.82, 2.24) is 19.7 Å². The zero-order chi connectivity index (χ0) is 20.7. The highest BCUT2D eigenvalue weighted by Gasteiger charge is 2.26. The Balaban J connectivity index is 1.58. The largest absolute Gasteiger partial charge is 0.497 e. The molecule has 0 spiro atoms. The van der Waals surface area contributed by atoms with Crippen LogP contribution in [0.3, 0.4) is 0 Å². The van der Waals surface area contributed by atoms with E-state index in [9.17, 15) is 0 Å². The fourth-order valence-corrected chi connectivity index (χ4v) is 3.78. The molecule has 0 N–H and O–H groups in total. The zero-order valence-corrected chi connectivity index (χ0v) is 17.5. The Morgan fingerprint density at radius 3 is 2.67 bits per heavy atom. The van der Waals surface area contributed by atoms with E-state index in [1.54, 1.807) is 11.8 Å². The molecule has 1 saturated carbocycles. The van der Waals surface area contributed by atoms with Gasteiger partial charge < -0.3 is 9.64 Å². The van der Waals surface area contributed by atoms with Gasteiger partial charge >= 0.3 is 0 Å². The minimum Gasteiger partial charge on any atom is -0.497 e. The minimum atomic E-state index is 0.736. The van der Waals surface area contributed by atoms with E-state index in [4.69, 9.17) is 9.72 Å². The Bertz CT molecular complexity index is 1210. The number of hydrogen-bond acceptors (Lipinski definition) is 5. The molecule has 0 amide bonds. The zero-order valence-electron chi connectivity index (χ0n) is 17.5. The third kappa shape index (κ3) is 3.73. The Labute approximate surface area is 176 Å². The van der Waals surface area contributed by atoms with Crippen LogP contribution in [0.2, 0.25) is 0 Å². The van der Waals surface area contributed by atoms with Crippen molar-refractivity contribution in [2.75, 3.05) is 18.6 Å². The summed E-state index contributed by atoms with van der Waals surface area (Å²) in [5.41, 5.74) is 7.03. The number of fused-ring (bicyclic) bond motifs is 1. The van der Waals surface area contributed by atoms with Crippen molar-refractivity contribution in [3.63, 3.8) is 0 Å². The molecule has 0 aliphatic heterocycles. The van der Waals surface area contributed by atoms with Gasteiger partial charge in [0.15, 0.2) is 0 Å². The molecule has 1 fully saturated rings. The van der Waals surface area contributed by atoms with Crippen LogP contribution in [0.4, 0.5) is 11.4 Å². The molecule has 6 nitrogen and oxygen atoms in total. The van der Waals surface area contributed by atoms with E-state index >= 15 is 0 Å². The third-order valence-corrected chi connectivity index (χ3v) is 5.56. The van der Waals surface area contributed by atoms with Gasteiger partial charge in [-0.15, -0.1) is 0 Å². The number of methoxy groups -OCH3 is 1. The number of ether oxygens (including phenoxy) is 1. The molecule has 152 valence electrons. The summed E-state index contributed by atoms with van der Waals surface area (Å²) in [6, 6.07) is 12.7. The molecule has 4 aromatic rings. The number of aromatic nitrogens is 4. The topological polar surface area (TPSA) is 56.1 Å². The van der Waals surface area contributed by atoms with E-state index in [1.807, 2.05) is 25.6 Å². The van der Waals surface area contributed by atoms with Gasteiger partial charge in [-0.25, -0.2) is 4.98 Å². The van der Waals surface area contributed by atoms with Gasteiger partial charge in [0.25, 0.3) is 0 Å². The van der Waals surface area contributed by atoms with Crippen molar-refractivity contribution >= 4 is 22.4 Å². The third-order valence-electron chi connectivity index (χ3n) is 5.56. The predicted octanol–water partition coefficient (Wildman–Crippen LogP) is 4.90. The summed E-state index contributed by atoms with van der Waals surface area (Å²) < 4.78 is 7.30. The molecule has 0 saturated heterocycles. The van der Waals surface area contributed by atoms with Gasteiger partial charge in [0.05, 0.1) is 36.2 Å². The summed E-state index contributed by atoms with van der Waals surface area (Å²) in [6.07, 6.45) is 8.17. The van der Waals surface area contributed by atoms with Crippen LogP contribution >= 0.6 is 0 Å². The standard InChI is InChI=1S/C24H25N5O/c1-16-8-20(10-21(9-16)30-3)29(14-17-4-5-17)19-6-7-22-23(11-19)27-24(13-25-22)18-12-26-28(2)15-18/h6-13,15,17H,4-5,14H2,1-3H3. The quantitative estimate of drug-likeness (QED) is 0.462. The fourth-order valence-electron chi connectivity index (χ4n) is 3.78. The van der Waals surface area contributed by atoms with E-state index in [-0.39, 0.29) is 0 Å². The molecular weight excluding hydrogens is 374 g/mol.